The summed E-state index contributed by atoms with van der Waals surface area (Å²) in [4.78, 5) is 29.3. The maximum absolute atomic E-state index is 13.8. The summed E-state index contributed by atoms with van der Waals surface area (Å²) in [7, 11) is 0. The largest absolute Gasteiger partial charge is 0.331 e. The lowest BCUT2D eigenvalue weighted by atomic mass is 9.89. The van der Waals surface area contributed by atoms with Crippen LogP contribution in [0.15, 0.2) is 41.2 Å². The molecule has 0 unspecified atom stereocenters. The highest BCUT2D eigenvalue weighted by molar-refractivity contribution is 5.94. The van der Waals surface area contributed by atoms with Gasteiger partial charge in [-0.25, -0.2) is 4.39 Å². The molecule has 0 spiro atoms. The smallest absolute Gasteiger partial charge is 0.254 e. The number of carbonyl (C=O) groups is 1. The number of aromatic nitrogens is 1. The highest BCUT2D eigenvalue weighted by atomic mass is 19.1. The molecule has 2 aliphatic rings. The van der Waals surface area contributed by atoms with E-state index in [9.17, 15) is 14.0 Å². The quantitative estimate of drug-likeness (QED) is 0.876. The summed E-state index contributed by atoms with van der Waals surface area (Å²) in [5.74, 6) is 0.137. The minimum absolute atomic E-state index is 0.169. The van der Waals surface area contributed by atoms with Crippen LogP contribution in [0.2, 0.25) is 0 Å². The zero-order valence-electron chi connectivity index (χ0n) is 14.0. The first kappa shape index (κ1) is 16.0. The van der Waals surface area contributed by atoms with Gasteiger partial charge in [-0.3, -0.25) is 9.59 Å². The van der Waals surface area contributed by atoms with Crippen molar-refractivity contribution in [1.82, 2.24) is 15.2 Å². The third kappa shape index (κ3) is 2.87. The van der Waals surface area contributed by atoms with Crippen LogP contribution in [0.4, 0.5) is 4.39 Å². The fourth-order valence-corrected chi connectivity index (χ4v) is 4.22. The molecule has 3 heterocycles. The first-order chi connectivity index (χ1) is 12.0. The molecule has 2 N–H and O–H groups in total. The number of fused-ring (bicyclic) bond motifs is 1. The molecule has 6 heteroatoms. The van der Waals surface area contributed by atoms with Crippen molar-refractivity contribution in [2.45, 2.75) is 13.0 Å². The van der Waals surface area contributed by atoms with E-state index in [0.717, 1.165) is 18.7 Å². The van der Waals surface area contributed by atoms with Crippen molar-refractivity contribution in [3.05, 3.63) is 69.4 Å². The zero-order chi connectivity index (χ0) is 17.6. The number of rotatable bonds is 2. The van der Waals surface area contributed by atoms with Crippen LogP contribution in [0.5, 0.6) is 0 Å². The van der Waals surface area contributed by atoms with Gasteiger partial charge < -0.3 is 15.2 Å². The number of pyridine rings is 1. The van der Waals surface area contributed by atoms with Gasteiger partial charge >= 0.3 is 0 Å². The highest BCUT2D eigenvalue weighted by Crippen LogP contribution is 2.43. The van der Waals surface area contributed by atoms with E-state index in [1.54, 1.807) is 24.0 Å². The summed E-state index contributed by atoms with van der Waals surface area (Å²) in [6.07, 6.45) is 0. The highest BCUT2D eigenvalue weighted by Gasteiger charge is 2.46. The lowest BCUT2D eigenvalue weighted by Gasteiger charge is -2.28. The molecular weight excluding hydrogens is 321 g/mol. The molecule has 2 aliphatic heterocycles. The molecule has 25 heavy (non-hydrogen) atoms. The molecule has 1 aromatic heterocycles. The molecule has 0 radical (unpaired) electrons. The number of carbonyl (C=O) groups excluding carboxylic acids is 1. The fraction of sp³-hybridized carbons (Fsp3) is 0.368. The van der Waals surface area contributed by atoms with Crippen molar-refractivity contribution < 1.29 is 9.18 Å². The number of halogens is 1. The maximum atomic E-state index is 13.8. The number of nitrogens with zero attached hydrogens (tertiary/aromatic N) is 1. The van der Waals surface area contributed by atoms with E-state index in [1.807, 2.05) is 6.07 Å². The molecule has 2 aromatic rings. The molecular formula is C19H20FN3O2. The maximum Gasteiger partial charge on any atom is 0.254 e. The number of aryl methyl sites for hydroxylation is 1. The molecule has 4 rings (SSSR count). The minimum atomic E-state index is -0.300. The van der Waals surface area contributed by atoms with Crippen LogP contribution in [0.3, 0.4) is 0 Å². The Balaban J connectivity index is 1.74. The van der Waals surface area contributed by atoms with Crippen molar-refractivity contribution in [3.8, 4) is 0 Å². The van der Waals surface area contributed by atoms with Gasteiger partial charge in [-0.15, -0.1) is 0 Å². The van der Waals surface area contributed by atoms with Gasteiger partial charge in [-0.2, -0.15) is 0 Å². The van der Waals surface area contributed by atoms with Gasteiger partial charge in [0.15, 0.2) is 0 Å². The summed E-state index contributed by atoms with van der Waals surface area (Å²) in [6, 6.07) is 9.33. The Labute approximate surface area is 144 Å². The van der Waals surface area contributed by atoms with Crippen LogP contribution < -0.4 is 10.9 Å². The molecule has 2 saturated heterocycles. The van der Waals surface area contributed by atoms with Crippen molar-refractivity contribution in [2.75, 3.05) is 19.6 Å². The average Bonchev–Trinajstić information content (AvgIpc) is 3.13. The lowest BCUT2D eigenvalue weighted by Crippen LogP contribution is -2.35. The molecule has 0 bridgehead atoms. The van der Waals surface area contributed by atoms with Crippen molar-refractivity contribution in [2.24, 2.45) is 11.8 Å². The average molecular weight is 341 g/mol. The van der Waals surface area contributed by atoms with Gasteiger partial charge in [-0.05, 0) is 36.6 Å². The Morgan fingerprint density at radius 1 is 1.24 bits per heavy atom. The predicted octanol–water partition coefficient (Wildman–Crippen LogP) is 1.86. The second kappa shape index (κ2) is 6.11. The van der Waals surface area contributed by atoms with E-state index >= 15 is 0 Å². The Kier molecular flexibility index (Phi) is 3.92. The number of amides is 1. The van der Waals surface area contributed by atoms with Gasteiger partial charge in [0.2, 0.25) is 5.56 Å². The number of nitrogens with one attached hydrogen (secondary N) is 2. The van der Waals surface area contributed by atoms with Crippen LogP contribution in [-0.2, 0) is 0 Å². The molecule has 5 nitrogen and oxygen atoms in total. The standard InChI is InChI=1S/C19H20FN3O2/c1-11-5-13(7-17(24)22-11)19(25)23-10-14-8-21-9-16(14)18(23)12-3-2-4-15(20)6-12/h2-7,14,16,18,21H,8-10H2,1H3,(H,22,24)/t14-,16-,18+/m0/s1. The van der Waals surface area contributed by atoms with Gasteiger partial charge in [0, 0.05) is 42.9 Å². The minimum Gasteiger partial charge on any atom is -0.331 e. The number of hydrogen-bond donors (Lipinski definition) is 2. The summed E-state index contributed by atoms with van der Waals surface area (Å²) in [6.45, 7) is 4.03. The van der Waals surface area contributed by atoms with Crippen molar-refractivity contribution in [1.29, 1.82) is 0 Å². The molecule has 130 valence electrons. The molecule has 0 saturated carbocycles. The van der Waals surface area contributed by atoms with Gasteiger partial charge in [0.1, 0.15) is 5.82 Å². The van der Waals surface area contributed by atoms with Gasteiger partial charge in [-0.1, -0.05) is 12.1 Å². The first-order valence-corrected chi connectivity index (χ1v) is 8.51. The Bertz CT molecular complexity index is 879. The third-order valence-electron chi connectivity index (χ3n) is 5.24. The summed E-state index contributed by atoms with van der Waals surface area (Å²) in [5, 5.41) is 3.37. The number of H-pyrrole nitrogens is 1. The van der Waals surface area contributed by atoms with Crippen LogP contribution in [0.1, 0.15) is 27.7 Å². The summed E-state index contributed by atoms with van der Waals surface area (Å²) >= 11 is 0. The number of likely N-dealkylation sites (tertiary alicyclic amines) is 1. The molecule has 0 aliphatic carbocycles. The first-order valence-electron chi connectivity index (χ1n) is 8.51. The van der Waals surface area contributed by atoms with Crippen molar-refractivity contribution >= 4 is 5.91 Å². The Hall–Kier alpha value is -2.47. The summed E-state index contributed by atoms with van der Waals surface area (Å²) in [5.41, 5.74) is 1.56. The van der Waals surface area contributed by atoms with Gasteiger partial charge in [0.25, 0.3) is 5.91 Å². The third-order valence-corrected chi connectivity index (χ3v) is 5.24. The predicted molar refractivity (Wildman–Crippen MR) is 91.8 cm³/mol. The second-order valence-electron chi connectivity index (χ2n) is 6.96. The fourth-order valence-electron chi connectivity index (χ4n) is 4.22. The van der Waals surface area contributed by atoms with Gasteiger partial charge in [0.05, 0.1) is 6.04 Å². The van der Waals surface area contributed by atoms with Crippen LogP contribution in [0, 0.1) is 24.6 Å². The molecule has 1 aromatic carbocycles. The van der Waals surface area contributed by atoms with Crippen LogP contribution >= 0.6 is 0 Å². The lowest BCUT2D eigenvalue weighted by molar-refractivity contribution is 0.0713. The van der Waals surface area contributed by atoms with E-state index in [2.05, 4.69) is 10.3 Å². The number of aromatic amines is 1. The number of benzene rings is 1. The SMILES string of the molecule is Cc1cc(C(=O)N2C[C@@H]3CNC[C@@H]3[C@H]2c2cccc(F)c2)cc(=O)[nH]1. The van der Waals surface area contributed by atoms with E-state index < -0.39 is 0 Å². The van der Waals surface area contributed by atoms with E-state index in [4.69, 9.17) is 0 Å². The Morgan fingerprint density at radius 3 is 2.84 bits per heavy atom. The number of hydrogen-bond acceptors (Lipinski definition) is 3. The zero-order valence-corrected chi connectivity index (χ0v) is 14.0. The topological polar surface area (TPSA) is 65.2 Å². The monoisotopic (exact) mass is 341 g/mol. The van der Waals surface area contributed by atoms with E-state index in [0.29, 0.717) is 23.7 Å². The molecule has 3 atom stereocenters. The van der Waals surface area contributed by atoms with Crippen LogP contribution in [-0.4, -0.2) is 35.4 Å². The van der Waals surface area contributed by atoms with E-state index in [-0.39, 0.29) is 29.2 Å². The second-order valence-corrected chi connectivity index (χ2v) is 6.96. The Morgan fingerprint density at radius 2 is 2.08 bits per heavy atom. The van der Waals surface area contributed by atoms with E-state index in [1.165, 1.54) is 18.2 Å². The summed E-state index contributed by atoms with van der Waals surface area (Å²) < 4.78 is 13.8. The normalized spacial score (nSPS) is 25.2. The molecule has 2 fully saturated rings. The van der Waals surface area contributed by atoms with Crippen LogP contribution in [0.25, 0.3) is 0 Å². The van der Waals surface area contributed by atoms with Crippen molar-refractivity contribution in [3.63, 3.8) is 0 Å². The molecule has 1 amide bonds.